The lowest BCUT2D eigenvalue weighted by molar-refractivity contribution is 0.111. The van der Waals surface area contributed by atoms with E-state index in [9.17, 15) is 8.78 Å². The van der Waals surface area contributed by atoms with E-state index in [1.165, 1.54) is 0 Å². The van der Waals surface area contributed by atoms with Crippen LogP contribution in [0.3, 0.4) is 0 Å². The monoisotopic (exact) mass is 416 g/mol. The van der Waals surface area contributed by atoms with E-state index in [4.69, 9.17) is 11.6 Å². The Bertz CT molecular complexity index is 1190. The number of hydrogen-bond donors (Lipinski definition) is 4. The Morgan fingerprint density at radius 1 is 1.21 bits per heavy atom. The zero-order valence-electron chi connectivity index (χ0n) is 14.9. The number of aromatic nitrogens is 6. The zero-order valence-corrected chi connectivity index (χ0v) is 15.6. The molecule has 0 saturated heterocycles. The fourth-order valence-corrected chi connectivity index (χ4v) is 3.38. The number of hydrogen-bond acceptors (Lipinski definition) is 6. The van der Waals surface area contributed by atoms with Crippen molar-refractivity contribution in [1.29, 1.82) is 0 Å². The highest BCUT2D eigenvalue weighted by Gasteiger charge is 2.58. The van der Waals surface area contributed by atoms with Gasteiger partial charge in [-0.15, -0.1) is 0 Å². The molecule has 1 fully saturated rings. The van der Waals surface area contributed by atoms with Crippen LogP contribution in [0.1, 0.15) is 23.6 Å². The minimum atomic E-state index is -2.64. The number of imidazole rings is 1. The number of alkyl halides is 2. The van der Waals surface area contributed by atoms with Crippen molar-refractivity contribution in [3.63, 3.8) is 0 Å². The summed E-state index contributed by atoms with van der Waals surface area (Å²) in [6, 6.07) is 7.03. The first-order valence-electron chi connectivity index (χ1n) is 8.87. The lowest BCUT2D eigenvalue weighted by Gasteiger charge is -2.08. The van der Waals surface area contributed by atoms with Crippen LogP contribution in [0.5, 0.6) is 0 Å². The third kappa shape index (κ3) is 3.46. The van der Waals surface area contributed by atoms with Crippen molar-refractivity contribution in [3.8, 4) is 0 Å². The summed E-state index contributed by atoms with van der Waals surface area (Å²) in [7, 11) is 0. The van der Waals surface area contributed by atoms with E-state index in [-0.39, 0.29) is 6.42 Å². The Morgan fingerprint density at radius 3 is 2.90 bits per heavy atom. The average molecular weight is 417 g/mol. The van der Waals surface area contributed by atoms with Crippen molar-refractivity contribution in [3.05, 3.63) is 53.1 Å². The molecule has 3 aromatic heterocycles. The molecule has 1 atom stereocenters. The fourth-order valence-electron chi connectivity index (χ4n) is 3.10. The van der Waals surface area contributed by atoms with Gasteiger partial charge in [-0.05, 0) is 17.7 Å². The number of nitrogens with one attached hydrogen (secondary N) is 4. The first kappa shape index (κ1) is 17.8. The van der Waals surface area contributed by atoms with Gasteiger partial charge in [0, 0.05) is 30.9 Å². The molecule has 0 spiro atoms. The Balaban J connectivity index is 1.27. The number of aromatic amines is 2. The van der Waals surface area contributed by atoms with Crippen molar-refractivity contribution in [1.82, 2.24) is 30.1 Å². The SMILES string of the molecule is FC1(F)C[C@@H]1c1cc(Nc2ccnc(NCc3ccc4[nH]cnc4c3Cl)n2)n[nH]1. The van der Waals surface area contributed by atoms with Gasteiger partial charge >= 0.3 is 0 Å². The summed E-state index contributed by atoms with van der Waals surface area (Å²) in [5.74, 6) is -2.14. The summed E-state index contributed by atoms with van der Waals surface area (Å²) in [6.45, 7) is 0.411. The predicted molar refractivity (Wildman–Crippen MR) is 105 cm³/mol. The normalized spacial score (nSPS) is 17.4. The fraction of sp³-hybridized carbons (Fsp3) is 0.222. The first-order valence-corrected chi connectivity index (χ1v) is 9.25. The standard InChI is InChI=1S/C18H15ClF2N8/c19-15-9(1-2-11-16(15)25-8-24-11)7-23-17-22-4-3-13(27-17)26-14-5-12(28-29-14)10-6-18(10,20)21/h1-5,8,10H,6-7H2,(H,24,25)(H3,22,23,26,27,28,29)/t10-/m1/s1. The molecule has 0 amide bonds. The Morgan fingerprint density at radius 2 is 2.07 bits per heavy atom. The number of benzene rings is 1. The molecule has 29 heavy (non-hydrogen) atoms. The van der Waals surface area contributed by atoms with E-state index in [0.29, 0.717) is 40.4 Å². The van der Waals surface area contributed by atoms with Crippen LogP contribution in [0.4, 0.5) is 26.4 Å². The molecule has 1 saturated carbocycles. The van der Waals surface area contributed by atoms with Gasteiger partial charge in [0.2, 0.25) is 5.95 Å². The maximum absolute atomic E-state index is 13.2. The van der Waals surface area contributed by atoms with Gasteiger partial charge in [-0.3, -0.25) is 5.10 Å². The number of rotatable bonds is 6. The summed E-state index contributed by atoms with van der Waals surface area (Å²) in [5, 5.41) is 13.3. The number of halogens is 3. The van der Waals surface area contributed by atoms with Gasteiger partial charge in [-0.1, -0.05) is 17.7 Å². The quantitative estimate of drug-likeness (QED) is 0.375. The summed E-state index contributed by atoms with van der Waals surface area (Å²) < 4.78 is 26.4. The third-order valence-electron chi connectivity index (χ3n) is 4.76. The van der Waals surface area contributed by atoms with Crippen molar-refractivity contribution >= 4 is 40.2 Å². The van der Waals surface area contributed by atoms with E-state index in [2.05, 4.69) is 40.8 Å². The average Bonchev–Trinajstić information content (AvgIpc) is 3.10. The molecule has 0 aliphatic heterocycles. The smallest absolute Gasteiger partial charge is 0.257 e. The van der Waals surface area contributed by atoms with Crippen molar-refractivity contribution in [2.24, 2.45) is 0 Å². The molecule has 1 aliphatic rings. The Hall–Kier alpha value is -3.27. The van der Waals surface area contributed by atoms with Gasteiger partial charge in [0.25, 0.3) is 5.92 Å². The van der Waals surface area contributed by atoms with Crippen molar-refractivity contribution in [2.45, 2.75) is 24.8 Å². The molecular formula is C18H15ClF2N8. The van der Waals surface area contributed by atoms with Crippen LogP contribution in [-0.2, 0) is 6.54 Å². The topological polar surface area (TPSA) is 107 Å². The van der Waals surface area contributed by atoms with Crippen LogP contribution in [0.15, 0.2) is 36.8 Å². The first-order chi connectivity index (χ1) is 14.0. The van der Waals surface area contributed by atoms with Crippen LogP contribution in [0, 0.1) is 0 Å². The third-order valence-corrected chi connectivity index (χ3v) is 5.18. The number of nitrogens with zero attached hydrogens (tertiary/aromatic N) is 4. The highest BCUT2D eigenvalue weighted by Crippen LogP contribution is 2.55. The lowest BCUT2D eigenvalue weighted by atomic mass is 10.2. The molecule has 11 heteroatoms. The highest BCUT2D eigenvalue weighted by molar-refractivity contribution is 6.35. The summed E-state index contributed by atoms with van der Waals surface area (Å²) in [4.78, 5) is 15.8. The van der Waals surface area contributed by atoms with Crippen LogP contribution in [0.2, 0.25) is 5.02 Å². The second-order valence-electron chi connectivity index (χ2n) is 6.81. The molecule has 0 bridgehead atoms. The van der Waals surface area contributed by atoms with E-state index in [1.54, 1.807) is 24.7 Å². The van der Waals surface area contributed by atoms with Gasteiger partial charge in [0.05, 0.1) is 22.8 Å². The molecule has 148 valence electrons. The second kappa shape index (κ2) is 6.66. The summed E-state index contributed by atoms with van der Waals surface area (Å²) in [6.07, 6.45) is 3.03. The predicted octanol–water partition coefficient (Wildman–Crippen LogP) is 4.21. The molecule has 5 rings (SSSR count). The van der Waals surface area contributed by atoms with Crippen LogP contribution < -0.4 is 10.6 Å². The molecule has 0 radical (unpaired) electrons. The summed E-state index contributed by atoms with van der Waals surface area (Å²) >= 11 is 6.40. The van der Waals surface area contributed by atoms with Gasteiger partial charge in [0.1, 0.15) is 11.3 Å². The van der Waals surface area contributed by atoms with Gasteiger partial charge in [-0.25, -0.2) is 18.7 Å². The molecule has 0 unspecified atom stereocenters. The van der Waals surface area contributed by atoms with E-state index < -0.39 is 11.8 Å². The zero-order chi connectivity index (χ0) is 20.0. The van der Waals surface area contributed by atoms with Gasteiger partial charge in [0.15, 0.2) is 5.82 Å². The van der Waals surface area contributed by atoms with E-state index in [1.807, 2.05) is 12.1 Å². The highest BCUT2D eigenvalue weighted by atomic mass is 35.5. The summed E-state index contributed by atoms with van der Waals surface area (Å²) in [5.41, 5.74) is 2.84. The molecule has 8 nitrogen and oxygen atoms in total. The molecule has 4 N–H and O–H groups in total. The van der Waals surface area contributed by atoms with Crippen molar-refractivity contribution in [2.75, 3.05) is 10.6 Å². The Labute approximate surface area is 168 Å². The van der Waals surface area contributed by atoms with Crippen LogP contribution in [0.25, 0.3) is 11.0 Å². The number of H-pyrrole nitrogens is 2. The van der Waals surface area contributed by atoms with Crippen LogP contribution >= 0.6 is 11.6 Å². The molecule has 1 aromatic carbocycles. The molecule has 3 heterocycles. The maximum Gasteiger partial charge on any atom is 0.257 e. The molecular weight excluding hydrogens is 402 g/mol. The van der Waals surface area contributed by atoms with E-state index >= 15 is 0 Å². The maximum atomic E-state index is 13.2. The van der Waals surface area contributed by atoms with Gasteiger partial charge < -0.3 is 15.6 Å². The molecule has 4 aromatic rings. The lowest BCUT2D eigenvalue weighted by Crippen LogP contribution is -2.05. The Kier molecular flexibility index (Phi) is 4.09. The number of anilines is 3. The van der Waals surface area contributed by atoms with E-state index in [0.717, 1.165) is 11.1 Å². The largest absolute Gasteiger partial charge is 0.350 e. The van der Waals surface area contributed by atoms with Gasteiger partial charge in [-0.2, -0.15) is 10.1 Å². The van der Waals surface area contributed by atoms with Crippen LogP contribution in [-0.4, -0.2) is 36.1 Å². The minimum Gasteiger partial charge on any atom is -0.350 e. The number of fused-ring (bicyclic) bond motifs is 1. The molecule has 1 aliphatic carbocycles. The van der Waals surface area contributed by atoms with Crippen molar-refractivity contribution < 1.29 is 8.78 Å². The minimum absolute atomic E-state index is 0.150. The second-order valence-corrected chi connectivity index (χ2v) is 7.19.